The van der Waals surface area contributed by atoms with E-state index in [0.29, 0.717) is 25.2 Å². The molecule has 3 aliphatic rings. The first-order chi connectivity index (χ1) is 26.3. The van der Waals surface area contributed by atoms with Crippen LogP contribution in [-0.4, -0.2) is 111 Å². The summed E-state index contributed by atoms with van der Waals surface area (Å²) < 4.78 is 23.2. The average molecular weight is 1150 g/mol. The third-order valence-corrected chi connectivity index (χ3v) is 8.92. The van der Waals surface area contributed by atoms with E-state index in [1.165, 1.54) is 30.4 Å². The van der Waals surface area contributed by atoms with E-state index in [4.69, 9.17) is 21.1 Å². The second-order valence-corrected chi connectivity index (χ2v) is 16.1. The van der Waals surface area contributed by atoms with E-state index < -0.39 is 5.60 Å². The molecule has 1 aliphatic heterocycles. The number of halogens is 6. The number of rotatable bonds is 9. The van der Waals surface area contributed by atoms with Crippen molar-refractivity contribution in [2.45, 2.75) is 91.5 Å². The van der Waals surface area contributed by atoms with Gasteiger partial charge in [-0.1, -0.05) is 6.92 Å². The minimum absolute atomic E-state index is 0. The summed E-state index contributed by atoms with van der Waals surface area (Å²) in [5, 5.41) is 28.0. The van der Waals surface area contributed by atoms with Crippen LogP contribution in [0.2, 0.25) is 0 Å². The first-order valence-corrected chi connectivity index (χ1v) is 21.2. The van der Waals surface area contributed by atoms with Gasteiger partial charge in [-0.3, -0.25) is 28.7 Å². The monoisotopic (exact) mass is 1150 g/mol. The second-order valence-electron chi connectivity index (χ2n) is 12.1. The number of aromatic amines is 1. The number of esters is 2. The molecule has 14 nitrogen and oxygen atoms in total. The van der Waals surface area contributed by atoms with Gasteiger partial charge in [0.15, 0.2) is 0 Å². The number of hydrogen-bond acceptors (Lipinski definition) is 10. The molecular formula is C36H52Br5ClMgN8O6. The summed E-state index contributed by atoms with van der Waals surface area (Å²) in [5.74, 6) is -0.675. The van der Waals surface area contributed by atoms with Crippen LogP contribution in [-0.2, 0) is 43.4 Å². The molecule has 0 aromatic carbocycles. The zero-order valence-corrected chi connectivity index (χ0v) is 42.9. The first kappa shape index (κ1) is 57.8. The number of aliphatic hydroxyl groups is 1. The Morgan fingerprint density at radius 1 is 0.860 bits per heavy atom. The van der Waals surface area contributed by atoms with Crippen molar-refractivity contribution in [2.24, 2.45) is 5.41 Å². The Morgan fingerprint density at radius 3 is 1.65 bits per heavy atom. The molecule has 0 spiro atoms. The normalized spacial score (nSPS) is 14.0. The molecule has 0 atom stereocenters. The molecule has 2 N–H and O–H groups in total. The number of carbonyl (C=O) groups is 2. The number of aromatic nitrogens is 8. The zero-order chi connectivity index (χ0) is 41.1. The summed E-state index contributed by atoms with van der Waals surface area (Å²) in [4.78, 5) is 21.0. The Bertz CT molecular complexity index is 1570. The SMILES string of the molecule is Brc1cn[nH]c1.C1=COCCC1.CC1(Cn2cc(Br)cn2)CC1.CCOC(=O)CCl.CCOC(=O)Cn1cc(Br)cn1.OC1(Cn2cc(Br)cn2)CC1.[Br-].[CH2-]C.[Mg+2]. The summed E-state index contributed by atoms with van der Waals surface area (Å²) in [6.45, 7) is 14.4. The Labute approximate surface area is 401 Å². The van der Waals surface area contributed by atoms with Gasteiger partial charge in [0.2, 0.25) is 0 Å². The van der Waals surface area contributed by atoms with Gasteiger partial charge in [0.25, 0.3) is 0 Å². The number of carbonyl (C=O) groups excluding carboxylic acids is 2. The molecule has 7 rings (SSSR count). The van der Waals surface area contributed by atoms with Crippen LogP contribution in [0.4, 0.5) is 0 Å². The Kier molecular flexibility index (Phi) is 33.9. The van der Waals surface area contributed by atoms with Gasteiger partial charge >= 0.3 is 35.0 Å². The van der Waals surface area contributed by atoms with Crippen molar-refractivity contribution < 1.29 is 45.9 Å². The molecule has 0 bridgehead atoms. The molecule has 0 amide bonds. The molecule has 316 valence electrons. The summed E-state index contributed by atoms with van der Waals surface area (Å²) in [6.07, 6.45) is 25.0. The van der Waals surface area contributed by atoms with Gasteiger partial charge in [0.1, 0.15) is 12.4 Å². The predicted octanol–water partition coefficient (Wildman–Crippen LogP) is 5.56. The summed E-state index contributed by atoms with van der Waals surface area (Å²) >= 11 is 18.1. The molecule has 2 saturated carbocycles. The minimum atomic E-state index is -0.453. The van der Waals surface area contributed by atoms with Crippen molar-refractivity contribution >= 4 is 110 Å². The van der Waals surface area contributed by atoms with Crippen LogP contribution < -0.4 is 17.0 Å². The number of nitrogens with one attached hydrogen (secondary N) is 1. The number of hydrogen-bond donors (Lipinski definition) is 2. The number of H-pyrrole nitrogens is 1. The summed E-state index contributed by atoms with van der Waals surface area (Å²) in [5.41, 5.74) is 0.0942. The molecule has 2 fully saturated rings. The largest absolute Gasteiger partial charge is 2.00 e. The Balaban J connectivity index is 0. The van der Waals surface area contributed by atoms with Gasteiger partial charge in [-0.2, -0.15) is 27.3 Å². The first-order valence-electron chi connectivity index (χ1n) is 17.5. The third-order valence-electron chi connectivity index (χ3n) is 7.04. The molecule has 21 heteroatoms. The second kappa shape index (κ2) is 33.5. The van der Waals surface area contributed by atoms with E-state index in [1.54, 1.807) is 62.7 Å². The maximum absolute atomic E-state index is 10.9. The van der Waals surface area contributed by atoms with E-state index in [9.17, 15) is 14.7 Å². The fourth-order valence-electron chi connectivity index (χ4n) is 3.90. The fourth-order valence-corrected chi connectivity index (χ4v) is 5.17. The smallest absolute Gasteiger partial charge is 1.00 e. The number of ether oxygens (including phenoxy) is 3. The van der Waals surface area contributed by atoms with Crippen LogP contribution in [0, 0.1) is 12.3 Å². The molecule has 0 saturated heterocycles. The zero-order valence-electron chi connectivity index (χ0n) is 32.8. The van der Waals surface area contributed by atoms with E-state index in [2.05, 4.69) is 108 Å². The molecule has 4 aromatic heterocycles. The van der Waals surface area contributed by atoms with Gasteiger partial charge in [-0.25, -0.2) is 0 Å². The van der Waals surface area contributed by atoms with Crippen LogP contribution in [0.1, 0.15) is 66.2 Å². The Hall–Kier alpha value is -1.26. The molecule has 4 aromatic rings. The quantitative estimate of drug-likeness (QED) is 0.0940. The predicted molar refractivity (Wildman–Crippen MR) is 233 cm³/mol. The average Bonchev–Trinajstić information content (AvgIpc) is 3.66. The molecule has 5 heterocycles. The van der Waals surface area contributed by atoms with E-state index >= 15 is 0 Å². The molecular weight excluding hydrogens is 1100 g/mol. The van der Waals surface area contributed by atoms with Gasteiger partial charge in [-0.15, -0.1) is 11.6 Å². The van der Waals surface area contributed by atoms with Crippen molar-refractivity contribution in [3.8, 4) is 0 Å². The standard InChI is InChI=1S/C8H11BrN2.C7H9BrN2O2.C7H9BrN2O.C5H8O.C4H7ClO2.C3H3BrN2.C2H5.BrH.Mg/c1-8(2-3-8)6-11-5-7(9)4-10-11;1-2-12-7(11)5-10-4-6(8)3-9-10;8-6-3-9-10(4-6)5-7(11)1-2-7;1-2-4-6-5-3-1;1-2-7-4(6)3-5;4-3-1-5-6-2-3;1-2;;/h4-5H,2-3,6H2,1H3;3-4H,2,5H2,1H3;3-4,11H,1-2,5H2;2,4H,1,3,5H2;2-3H2,1H3;1-2H,(H,5,6);1H2,2H3;1H;/q;;;;;;-1;;+2/p-1. The molecule has 0 unspecified atom stereocenters. The molecule has 57 heavy (non-hydrogen) atoms. The van der Waals surface area contributed by atoms with E-state index in [-0.39, 0.29) is 64.4 Å². The van der Waals surface area contributed by atoms with Crippen molar-refractivity contribution in [1.29, 1.82) is 0 Å². The minimum Gasteiger partial charge on any atom is -1.00 e. The van der Waals surface area contributed by atoms with Gasteiger partial charge in [-0.05, 0) is 128 Å². The van der Waals surface area contributed by atoms with Crippen LogP contribution in [0.15, 0.2) is 79.8 Å². The van der Waals surface area contributed by atoms with Gasteiger partial charge < -0.3 is 43.2 Å². The van der Waals surface area contributed by atoms with Crippen molar-refractivity contribution in [3.05, 3.63) is 86.7 Å². The third kappa shape index (κ3) is 30.4. The van der Waals surface area contributed by atoms with Crippen LogP contribution >= 0.6 is 75.3 Å². The van der Waals surface area contributed by atoms with Crippen molar-refractivity contribution in [1.82, 2.24) is 39.5 Å². The van der Waals surface area contributed by atoms with Crippen molar-refractivity contribution in [2.75, 3.05) is 25.7 Å². The summed E-state index contributed by atoms with van der Waals surface area (Å²) in [6, 6.07) is 0. The van der Waals surface area contributed by atoms with Crippen molar-refractivity contribution in [3.63, 3.8) is 0 Å². The topological polar surface area (TPSA) is 164 Å². The molecule has 0 radical (unpaired) electrons. The van der Waals surface area contributed by atoms with Crippen LogP contribution in [0.3, 0.4) is 0 Å². The number of allylic oxidation sites excluding steroid dienone is 1. The number of alkyl halides is 1. The van der Waals surface area contributed by atoms with Crippen LogP contribution in [0.5, 0.6) is 0 Å². The van der Waals surface area contributed by atoms with E-state index in [1.807, 2.05) is 29.3 Å². The van der Waals surface area contributed by atoms with Gasteiger partial charge in [0, 0.05) is 31.3 Å². The summed E-state index contributed by atoms with van der Waals surface area (Å²) in [7, 11) is 0. The van der Waals surface area contributed by atoms with E-state index in [0.717, 1.165) is 43.9 Å². The fraction of sp³-hybridized carbons (Fsp3) is 0.528. The maximum atomic E-state index is 10.9. The Morgan fingerprint density at radius 2 is 1.37 bits per heavy atom. The van der Waals surface area contributed by atoms with Gasteiger partial charge in [0.05, 0.1) is 80.9 Å². The van der Waals surface area contributed by atoms with Crippen LogP contribution in [0.25, 0.3) is 0 Å². The number of nitrogens with zero attached hydrogens (tertiary/aromatic N) is 7. The molecule has 2 aliphatic carbocycles. The maximum Gasteiger partial charge on any atom is 2.00 e.